The summed E-state index contributed by atoms with van der Waals surface area (Å²) in [5.74, 6) is -0.247. The van der Waals surface area contributed by atoms with Crippen molar-refractivity contribution in [3.05, 3.63) is 28.5 Å². The Morgan fingerprint density at radius 3 is 3.00 bits per heavy atom. The van der Waals surface area contributed by atoms with E-state index in [4.69, 9.17) is 5.26 Å². The maximum atomic E-state index is 11.7. The van der Waals surface area contributed by atoms with Crippen molar-refractivity contribution in [3.8, 4) is 6.07 Å². The standard InChI is InChI=1S/C11H12BrN3O/c1-2-8(6-7-13)14-11(16)9-4-3-5-10(12)15-9/h3-5,8H,2,6H2,1H3,(H,14,16). The first-order valence-corrected chi connectivity index (χ1v) is 5.77. The molecule has 0 saturated carbocycles. The summed E-state index contributed by atoms with van der Waals surface area (Å²) in [5.41, 5.74) is 0.353. The first kappa shape index (κ1) is 12.7. The van der Waals surface area contributed by atoms with Gasteiger partial charge >= 0.3 is 0 Å². The van der Waals surface area contributed by atoms with Crippen LogP contribution in [0, 0.1) is 11.3 Å². The van der Waals surface area contributed by atoms with Crippen molar-refractivity contribution in [3.63, 3.8) is 0 Å². The molecule has 1 rings (SSSR count). The third kappa shape index (κ3) is 3.63. The Hall–Kier alpha value is -1.41. The van der Waals surface area contributed by atoms with Crippen molar-refractivity contribution in [2.75, 3.05) is 0 Å². The zero-order valence-corrected chi connectivity index (χ0v) is 10.5. The largest absolute Gasteiger partial charge is 0.347 e. The molecule has 0 spiro atoms. The lowest BCUT2D eigenvalue weighted by atomic mass is 10.1. The van der Waals surface area contributed by atoms with Gasteiger partial charge in [0, 0.05) is 6.04 Å². The van der Waals surface area contributed by atoms with Gasteiger partial charge in [-0.3, -0.25) is 4.79 Å². The fourth-order valence-corrected chi connectivity index (χ4v) is 1.55. The lowest BCUT2D eigenvalue weighted by Crippen LogP contribution is -2.34. The second-order valence-corrected chi connectivity index (χ2v) is 4.10. The number of nitriles is 1. The van der Waals surface area contributed by atoms with Crippen molar-refractivity contribution >= 4 is 21.8 Å². The van der Waals surface area contributed by atoms with Gasteiger partial charge in [0.1, 0.15) is 10.3 Å². The molecule has 0 bridgehead atoms. The number of nitrogens with zero attached hydrogens (tertiary/aromatic N) is 2. The maximum Gasteiger partial charge on any atom is 0.270 e. The molecule has 0 saturated heterocycles. The molecular formula is C11H12BrN3O. The molecule has 0 aliphatic rings. The minimum Gasteiger partial charge on any atom is -0.347 e. The molecule has 0 aliphatic carbocycles. The Morgan fingerprint density at radius 2 is 2.44 bits per heavy atom. The monoisotopic (exact) mass is 281 g/mol. The number of amides is 1. The van der Waals surface area contributed by atoms with Gasteiger partial charge in [-0.1, -0.05) is 13.0 Å². The molecule has 1 amide bonds. The molecule has 0 fully saturated rings. The van der Waals surface area contributed by atoms with Crippen molar-refractivity contribution in [2.45, 2.75) is 25.8 Å². The number of aromatic nitrogens is 1. The zero-order chi connectivity index (χ0) is 12.0. The predicted molar refractivity (Wildman–Crippen MR) is 63.7 cm³/mol. The van der Waals surface area contributed by atoms with E-state index in [0.717, 1.165) is 6.42 Å². The van der Waals surface area contributed by atoms with Gasteiger partial charge in [0.05, 0.1) is 12.5 Å². The van der Waals surface area contributed by atoms with Gasteiger partial charge in [0.15, 0.2) is 0 Å². The third-order valence-corrected chi connectivity index (χ3v) is 2.56. The predicted octanol–water partition coefficient (Wildman–Crippen LogP) is 2.27. The Morgan fingerprint density at radius 1 is 1.69 bits per heavy atom. The van der Waals surface area contributed by atoms with E-state index in [1.807, 2.05) is 13.0 Å². The average Bonchev–Trinajstić information content (AvgIpc) is 2.28. The summed E-state index contributed by atoms with van der Waals surface area (Å²) in [6.07, 6.45) is 1.05. The van der Waals surface area contributed by atoms with Crippen molar-refractivity contribution < 1.29 is 4.79 Å². The first-order valence-electron chi connectivity index (χ1n) is 4.97. The van der Waals surface area contributed by atoms with E-state index < -0.39 is 0 Å². The number of carbonyl (C=O) groups is 1. The molecule has 1 aromatic rings. The van der Waals surface area contributed by atoms with Gasteiger partial charge in [-0.2, -0.15) is 5.26 Å². The Bertz CT molecular complexity index is 414. The molecular weight excluding hydrogens is 270 g/mol. The van der Waals surface area contributed by atoms with Crippen molar-refractivity contribution in [2.24, 2.45) is 0 Å². The normalized spacial score (nSPS) is 11.6. The smallest absolute Gasteiger partial charge is 0.270 e. The highest BCUT2D eigenvalue weighted by atomic mass is 79.9. The van der Waals surface area contributed by atoms with Crippen LogP contribution in [0.1, 0.15) is 30.3 Å². The van der Waals surface area contributed by atoms with Gasteiger partial charge in [0.25, 0.3) is 5.91 Å². The van der Waals surface area contributed by atoms with Gasteiger partial charge in [-0.15, -0.1) is 0 Å². The summed E-state index contributed by atoms with van der Waals surface area (Å²) in [4.78, 5) is 15.8. The highest BCUT2D eigenvalue weighted by molar-refractivity contribution is 9.10. The number of hydrogen-bond acceptors (Lipinski definition) is 3. The van der Waals surface area contributed by atoms with Crippen LogP contribution in [0.5, 0.6) is 0 Å². The van der Waals surface area contributed by atoms with Gasteiger partial charge in [-0.25, -0.2) is 4.98 Å². The number of rotatable bonds is 4. The molecule has 16 heavy (non-hydrogen) atoms. The summed E-state index contributed by atoms with van der Waals surface area (Å²) in [6, 6.07) is 7.07. The van der Waals surface area contributed by atoms with Gasteiger partial charge in [-0.05, 0) is 34.5 Å². The lowest BCUT2D eigenvalue weighted by Gasteiger charge is -2.12. The molecule has 84 valence electrons. The van der Waals surface area contributed by atoms with Crippen LogP contribution in [-0.2, 0) is 0 Å². The molecule has 0 radical (unpaired) electrons. The van der Waals surface area contributed by atoms with Crippen LogP contribution in [0.25, 0.3) is 0 Å². The molecule has 1 unspecified atom stereocenters. The zero-order valence-electron chi connectivity index (χ0n) is 8.90. The fourth-order valence-electron chi connectivity index (χ4n) is 1.20. The molecule has 1 N–H and O–H groups in total. The molecule has 1 atom stereocenters. The van der Waals surface area contributed by atoms with E-state index in [1.165, 1.54) is 0 Å². The van der Waals surface area contributed by atoms with Gasteiger partial charge < -0.3 is 5.32 Å². The van der Waals surface area contributed by atoms with Crippen LogP contribution in [-0.4, -0.2) is 16.9 Å². The second kappa shape index (κ2) is 6.23. The minimum absolute atomic E-state index is 0.113. The molecule has 4 nitrogen and oxygen atoms in total. The highest BCUT2D eigenvalue weighted by Crippen LogP contribution is 2.07. The van der Waals surface area contributed by atoms with E-state index in [1.54, 1.807) is 18.2 Å². The number of carbonyl (C=O) groups excluding carboxylic acids is 1. The second-order valence-electron chi connectivity index (χ2n) is 3.29. The summed E-state index contributed by atoms with van der Waals surface area (Å²) in [7, 11) is 0. The number of nitrogens with one attached hydrogen (secondary N) is 1. The summed E-state index contributed by atoms with van der Waals surface area (Å²) < 4.78 is 0.619. The van der Waals surface area contributed by atoms with Crippen LogP contribution in [0.2, 0.25) is 0 Å². The SMILES string of the molecule is CCC(CC#N)NC(=O)c1cccc(Br)n1. The van der Waals surface area contributed by atoms with Crippen LogP contribution in [0.4, 0.5) is 0 Å². The minimum atomic E-state index is -0.247. The number of halogens is 1. The fraction of sp³-hybridized carbons (Fsp3) is 0.364. The van der Waals surface area contributed by atoms with E-state index >= 15 is 0 Å². The summed E-state index contributed by atoms with van der Waals surface area (Å²) in [5, 5.41) is 11.3. The average molecular weight is 282 g/mol. The van der Waals surface area contributed by atoms with Crippen LogP contribution < -0.4 is 5.32 Å². The van der Waals surface area contributed by atoms with E-state index in [0.29, 0.717) is 16.7 Å². The molecule has 1 heterocycles. The molecule has 0 aliphatic heterocycles. The Labute approximate surface area is 103 Å². The van der Waals surface area contributed by atoms with Crippen molar-refractivity contribution in [1.29, 1.82) is 5.26 Å². The Kier molecular flexibility index (Phi) is 4.93. The number of pyridine rings is 1. The molecule has 1 aromatic heterocycles. The highest BCUT2D eigenvalue weighted by Gasteiger charge is 2.12. The lowest BCUT2D eigenvalue weighted by molar-refractivity contribution is 0.0931. The molecule has 5 heteroatoms. The third-order valence-electron chi connectivity index (χ3n) is 2.11. The topological polar surface area (TPSA) is 65.8 Å². The van der Waals surface area contributed by atoms with E-state index in [9.17, 15) is 4.79 Å². The van der Waals surface area contributed by atoms with Crippen molar-refractivity contribution in [1.82, 2.24) is 10.3 Å². The molecule has 0 aromatic carbocycles. The summed E-state index contributed by atoms with van der Waals surface area (Å²) >= 11 is 3.20. The Balaban J connectivity index is 2.68. The van der Waals surface area contributed by atoms with E-state index in [2.05, 4.69) is 26.2 Å². The van der Waals surface area contributed by atoms with E-state index in [-0.39, 0.29) is 11.9 Å². The van der Waals surface area contributed by atoms with Crippen LogP contribution in [0.3, 0.4) is 0 Å². The van der Waals surface area contributed by atoms with Crippen LogP contribution >= 0.6 is 15.9 Å². The van der Waals surface area contributed by atoms with Gasteiger partial charge in [0.2, 0.25) is 0 Å². The first-order chi connectivity index (χ1) is 7.67. The summed E-state index contributed by atoms with van der Waals surface area (Å²) in [6.45, 7) is 1.93. The van der Waals surface area contributed by atoms with Crippen LogP contribution in [0.15, 0.2) is 22.8 Å². The quantitative estimate of drug-likeness (QED) is 0.861. The maximum absolute atomic E-state index is 11.7. The number of hydrogen-bond donors (Lipinski definition) is 1.